The maximum Gasteiger partial charge on any atom is 0.326 e. The molecule has 1 atom stereocenters. The quantitative estimate of drug-likeness (QED) is 0.909. The molecule has 0 amide bonds. The highest BCUT2D eigenvalue weighted by molar-refractivity contribution is 5.88. The van der Waals surface area contributed by atoms with Crippen molar-refractivity contribution in [3.8, 4) is 0 Å². The van der Waals surface area contributed by atoms with Gasteiger partial charge in [-0.15, -0.1) is 0 Å². The van der Waals surface area contributed by atoms with E-state index in [1.54, 1.807) is 0 Å². The molecule has 0 saturated carbocycles. The van der Waals surface area contributed by atoms with Gasteiger partial charge in [-0.3, -0.25) is 0 Å². The Morgan fingerprint density at radius 2 is 2.00 bits per heavy atom. The van der Waals surface area contributed by atoms with Gasteiger partial charge < -0.3 is 10.0 Å². The summed E-state index contributed by atoms with van der Waals surface area (Å²) in [6.45, 7) is 10.2. The second kappa shape index (κ2) is 4.97. The maximum atomic E-state index is 11.7. The highest BCUT2D eigenvalue weighted by Crippen LogP contribution is 2.42. The van der Waals surface area contributed by atoms with Crippen LogP contribution in [0, 0.1) is 6.92 Å². The normalized spacial score (nSPS) is 18.2. The second-order valence-corrected chi connectivity index (χ2v) is 6.08. The van der Waals surface area contributed by atoms with Gasteiger partial charge in [0.15, 0.2) is 0 Å². The van der Waals surface area contributed by atoms with Crippen molar-refractivity contribution in [2.24, 2.45) is 0 Å². The number of carbonyl (C=O) groups is 1. The minimum atomic E-state index is -0.761. The van der Waals surface area contributed by atoms with Crippen molar-refractivity contribution in [1.29, 1.82) is 0 Å². The number of aliphatic carboxylic acids is 1. The van der Waals surface area contributed by atoms with Crippen LogP contribution in [0.5, 0.6) is 0 Å². The number of aryl methyl sites for hydroxylation is 1. The smallest absolute Gasteiger partial charge is 0.326 e. The Morgan fingerprint density at radius 1 is 1.35 bits per heavy atom. The van der Waals surface area contributed by atoms with Gasteiger partial charge in [-0.2, -0.15) is 0 Å². The van der Waals surface area contributed by atoms with E-state index in [0.717, 1.165) is 16.8 Å². The van der Waals surface area contributed by atoms with Crippen molar-refractivity contribution in [1.82, 2.24) is 0 Å². The number of anilines is 1. The van der Waals surface area contributed by atoms with Crippen LogP contribution in [-0.2, 0) is 4.79 Å². The molecule has 1 aliphatic heterocycles. The zero-order valence-corrected chi connectivity index (χ0v) is 12.9. The molecule has 0 spiro atoms. The lowest BCUT2D eigenvalue weighted by molar-refractivity contribution is -0.139. The van der Waals surface area contributed by atoms with E-state index in [9.17, 15) is 9.90 Å². The third-order valence-corrected chi connectivity index (χ3v) is 4.08. The van der Waals surface area contributed by atoms with E-state index in [1.165, 1.54) is 5.57 Å². The van der Waals surface area contributed by atoms with Crippen LogP contribution >= 0.6 is 0 Å². The number of hydrogen-bond acceptors (Lipinski definition) is 2. The van der Waals surface area contributed by atoms with Crippen molar-refractivity contribution in [3.63, 3.8) is 0 Å². The average molecular weight is 273 g/mol. The van der Waals surface area contributed by atoms with Crippen molar-refractivity contribution >= 4 is 17.2 Å². The van der Waals surface area contributed by atoms with Crippen LogP contribution in [0.4, 0.5) is 5.69 Å². The maximum absolute atomic E-state index is 11.7. The van der Waals surface area contributed by atoms with Gasteiger partial charge >= 0.3 is 5.97 Å². The van der Waals surface area contributed by atoms with E-state index in [4.69, 9.17) is 0 Å². The van der Waals surface area contributed by atoms with Crippen LogP contribution in [0.3, 0.4) is 0 Å². The van der Waals surface area contributed by atoms with Gasteiger partial charge in [0.1, 0.15) is 6.04 Å². The number of carboxylic acids is 1. The molecule has 0 radical (unpaired) electrons. The summed E-state index contributed by atoms with van der Waals surface area (Å²) >= 11 is 0. The van der Waals surface area contributed by atoms with E-state index in [2.05, 4.69) is 50.8 Å². The predicted molar refractivity (Wildman–Crippen MR) is 83.1 cm³/mol. The molecule has 1 N–H and O–H groups in total. The molecule has 1 aromatic rings. The standard InChI is InChI=1S/C17H23NO2/c1-6-14(16(19)20)18-15-11(2)8-7-9-13(15)12(3)10-17(18,4)5/h7-10,14H,6H2,1-5H3,(H,19,20)/t14-/m0/s1. The molecule has 0 aliphatic carbocycles. The Balaban J connectivity index is 2.70. The van der Waals surface area contributed by atoms with Crippen molar-refractivity contribution in [3.05, 3.63) is 35.4 Å². The van der Waals surface area contributed by atoms with Gasteiger partial charge in [0.25, 0.3) is 0 Å². The van der Waals surface area contributed by atoms with Crippen LogP contribution in [0.2, 0.25) is 0 Å². The SMILES string of the molecule is CC[C@@H](C(=O)O)N1c2c(C)cccc2C(C)=CC1(C)C. The summed E-state index contributed by atoms with van der Waals surface area (Å²) in [5.41, 5.74) is 4.24. The summed E-state index contributed by atoms with van der Waals surface area (Å²) < 4.78 is 0. The summed E-state index contributed by atoms with van der Waals surface area (Å²) in [5.74, 6) is -0.761. The Hall–Kier alpha value is -1.77. The predicted octanol–water partition coefficient (Wildman–Crippen LogP) is 3.86. The molecular formula is C17H23NO2. The first-order valence-corrected chi connectivity index (χ1v) is 7.11. The molecule has 0 unspecified atom stereocenters. The molecule has 3 nitrogen and oxygen atoms in total. The first-order chi connectivity index (χ1) is 9.29. The summed E-state index contributed by atoms with van der Waals surface area (Å²) in [6, 6.07) is 5.65. The Kier molecular flexibility index (Phi) is 3.63. The fourth-order valence-corrected chi connectivity index (χ4v) is 3.29. The van der Waals surface area contributed by atoms with E-state index < -0.39 is 12.0 Å². The molecule has 1 aliphatic rings. The summed E-state index contributed by atoms with van der Waals surface area (Å²) in [4.78, 5) is 13.7. The minimum Gasteiger partial charge on any atom is -0.480 e. The number of nitrogens with zero attached hydrogens (tertiary/aromatic N) is 1. The average Bonchev–Trinajstić information content (AvgIpc) is 2.33. The van der Waals surface area contributed by atoms with E-state index in [0.29, 0.717) is 6.42 Å². The zero-order chi connectivity index (χ0) is 15.1. The van der Waals surface area contributed by atoms with Crippen LogP contribution in [0.25, 0.3) is 5.57 Å². The first-order valence-electron chi connectivity index (χ1n) is 7.11. The largest absolute Gasteiger partial charge is 0.480 e. The number of fused-ring (bicyclic) bond motifs is 1. The van der Waals surface area contributed by atoms with Crippen molar-refractivity contribution in [2.45, 2.75) is 52.6 Å². The van der Waals surface area contributed by atoms with E-state index in [-0.39, 0.29) is 5.54 Å². The number of carboxylic acid groups (broad SMARTS) is 1. The number of rotatable bonds is 3. The third-order valence-electron chi connectivity index (χ3n) is 4.08. The molecule has 1 heterocycles. The molecule has 0 saturated heterocycles. The number of benzene rings is 1. The third kappa shape index (κ3) is 2.21. The summed E-state index contributed by atoms with van der Waals surface area (Å²) in [5, 5.41) is 9.58. The minimum absolute atomic E-state index is 0.303. The molecular weight excluding hydrogens is 250 g/mol. The molecule has 0 bridgehead atoms. The lowest BCUT2D eigenvalue weighted by atomic mass is 9.85. The molecule has 20 heavy (non-hydrogen) atoms. The van der Waals surface area contributed by atoms with Crippen LogP contribution < -0.4 is 4.90 Å². The number of hydrogen-bond donors (Lipinski definition) is 1. The van der Waals surface area contributed by atoms with Crippen molar-refractivity contribution < 1.29 is 9.90 Å². The molecule has 108 valence electrons. The zero-order valence-electron chi connectivity index (χ0n) is 12.9. The fraction of sp³-hybridized carbons (Fsp3) is 0.471. The first kappa shape index (κ1) is 14.6. The summed E-state index contributed by atoms with van der Waals surface area (Å²) in [7, 11) is 0. The van der Waals surface area contributed by atoms with Crippen LogP contribution in [0.1, 0.15) is 45.2 Å². The van der Waals surface area contributed by atoms with Gasteiger partial charge in [-0.25, -0.2) is 4.79 Å². The Bertz CT molecular complexity index is 572. The molecule has 2 rings (SSSR count). The lowest BCUT2D eigenvalue weighted by Gasteiger charge is -2.47. The second-order valence-electron chi connectivity index (χ2n) is 6.08. The van der Waals surface area contributed by atoms with E-state index >= 15 is 0 Å². The number of allylic oxidation sites excluding steroid dienone is 1. The van der Waals surface area contributed by atoms with Gasteiger partial charge in [0, 0.05) is 11.3 Å². The molecule has 0 aromatic heterocycles. The van der Waals surface area contributed by atoms with Gasteiger partial charge in [0.05, 0.1) is 5.54 Å². The number of para-hydroxylation sites is 1. The van der Waals surface area contributed by atoms with Gasteiger partial charge in [0.2, 0.25) is 0 Å². The molecule has 3 heteroatoms. The van der Waals surface area contributed by atoms with E-state index in [1.807, 2.05) is 13.0 Å². The fourth-order valence-electron chi connectivity index (χ4n) is 3.29. The van der Waals surface area contributed by atoms with Crippen LogP contribution in [-0.4, -0.2) is 22.7 Å². The highest BCUT2D eigenvalue weighted by Gasteiger charge is 2.39. The van der Waals surface area contributed by atoms with Crippen LogP contribution in [0.15, 0.2) is 24.3 Å². The Labute approximate surface area is 120 Å². The van der Waals surface area contributed by atoms with Gasteiger partial charge in [-0.1, -0.05) is 31.2 Å². The molecule has 1 aromatic carbocycles. The van der Waals surface area contributed by atoms with Gasteiger partial charge in [-0.05, 0) is 45.3 Å². The topological polar surface area (TPSA) is 40.5 Å². The monoisotopic (exact) mass is 273 g/mol. The molecule has 0 fully saturated rings. The Morgan fingerprint density at radius 3 is 2.55 bits per heavy atom. The lowest BCUT2D eigenvalue weighted by Crippen LogP contribution is -2.54. The highest BCUT2D eigenvalue weighted by atomic mass is 16.4. The van der Waals surface area contributed by atoms with Crippen molar-refractivity contribution in [2.75, 3.05) is 4.90 Å². The summed E-state index contributed by atoms with van der Waals surface area (Å²) in [6.07, 6.45) is 2.75.